The molecule has 3 aromatic rings. The van der Waals surface area contributed by atoms with E-state index in [1.54, 1.807) is 6.26 Å². The summed E-state index contributed by atoms with van der Waals surface area (Å²) in [6.45, 7) is 5.29. The molecule has 26 heavy (non-hydrogen) atoms. The molecule has 0 saturated carbocycles. The smallest absolute Gasteiger partial charge is 0.230 e. The number of thioether (sulfide) groups is 1. The number of hydrogen-bond acceptors (Lipinski definition) is 5. The Hall–Kier alpha value is -2.54. The Kier molecular flexibility index (Phi) is 6.12. The van der Waals surface area contributed by atoms with Crippen molar-refractivity contribution in [2.75, 3.05) is 12.3 Å². The van der Waals surface area contributed by atoms with Crippen LogP contribution in [0.4, 0.5) is 0 Å². The summed E-state index contributed by atoms with van der Waals surface area (Å²) in [5.74, 6) is 1.89. The van der Waals surface area contributed by atoms with Crippen LogP contribution in [-0.4, -0.2) is 33.0 Å². The van der Waals surface area contributed by atoms with Crippen molar-refractivity contribution in [1.29, 1.82) is 0 Å². The minimum atomic E-state index is -0.00220. The molecule has 0 unspecified atom stereocenters. The molecule has 136 valence electrons. The van der Waals surface area contributed by atoms with E-state index < -0.39 is 0 Å². The Morgan fingerprint density at radius 1 is 1.23 bits per heavy atom. The molecule has 2 heterocycles. The van der Waals surface area contributed by atoms with Crippen LogP contribution in [0.3, 0.4) is 0 Å². The zero-order chi connectivity index (χ0) is 18.4. The Balaban J connectivity index is 1.54. The van der Waals surface area contributed by atoms with Crippen LogP contribution in [0.2, 0.25) is 0 Å². The van der Waals surface area contributed by atoms with E-state index in [4.69, 9.17) is 4.42 Å². The Labute approximate surface area is 157 Å². The summed E-state index contributed by atoms with van der Waals surface area (Å²) >= 11 is 1.40. The molecule has 3 rings (SSSR count). The fourth-order valence-electron chi connectivity index (χ4n) is 2.67. The number of furan rings is 1. The van der Waals surface area contributed by atoms with Crippen molar-refractivity contribution in [1.82, 2.24) is 20.1 Å². The van der Waals surface area contributed by atoms with Gasteiger partial charge in [-0.3, -0.25) is 4.79 Å². The average Bonchev–Trinajstić information content (AvgIpc) is 3.26. The van der Waals surface area contributed by atoms with Gasteiger partial charge in [-0.2, -0.15) is 0 Å². The van der Waals surface area contributed by atoms with Gasteiger partial charge in [-0.25, -0.2) is 0 Å². The molecule has 0 aliphatic carbocycles. The van der Waals surface area contributed by atoms with Gasteiger partial charge in [0.25, 0.3) is 0 Å². The number of benzene rings is 1. The summed E-state index contributed by atoms with van der Waals surface area (Å²) in [7, 11) is 0. The summed E-state index contributed by atoms with van der Waals surface area (Å²) in [6, 6.07) is 12.0. The van der Waals surface area contributed by atoms with Crippen LogP contribution in [-0.2, 0) is 17.8 Å². The van der Waals surface area contributed by atoms with Crippen molar-refractivity contribution in [3.05, 3.63) is 54.0 Å². The van der Waals surface area contributed by atoms with Gasteiger partial charge < -0.3 is 14.3 Å². The molecule has 0 spiro atoms. The minimum Gasteiger partial charge on any atom is -0.469 e. The quantitative estimate of drug-likeness (QED) is 0.616. The summed E-state index contributed by atoms with van der Waals surface area (Å²) in [6.07, 6.45) is 2.47. The predicted octanol–water partition coefficient (Wildman–Crippen LogP) is 3.32. The number of hydrogen-bond donors (Lipinski definition) is 1. The van der Waals surface area contributed by atoms with Gasteiger partial charge in [-0.1, -0.05) is 42.1 Å². The van der Waals surface area contributed by atoms with Gasteiger partial charge in [-0.05, 0) is 31.9 Å². The van der Waals surface area contributed by atoms with Gasteiger partial charge in [0.15, 0.2) is 11.0 Å². The normalized spacial score (nSPS) is 10.8. The van der Waals surface area contributed by atoms with E-state index in [1.807, 2.05) is 42.7 Å². The topological polar surface area (TPSA) is 73.0 Å². The molecule has 7 heteroatoms. The van der Waals surface area contributed by atoms with Crippen molar-refractivity contribution in [3.8, 4) is 11.4 Å². The molecule has 0 aliphatic rings. The molecule has 1 aromatic carbocycles. The Bertz CT molecular complexity index is 858. The van der Waals surface area contributed by atoms with Gasteiger partial charge in [0.1, 0.15) is 5.76 Å². The minimum absolute atomic E-state index is 0.00220. The second kappa shape index (κ2) is 8.71. The Morgan fingerprint density at radius 2 is 2.04 bits per heavy atom. The molecule has 2 aromatic heterocycles. The van der Waals surface area contributed by atoms with Crippen molar-refractivity contribution in [3.63, 3.8) is 0 Å². The molecule has 0 fully saturated rings. The third-order valence-corrected chi connectivity index (χ3v) is 5.01. The highest BCUT2D eigenvalue weighted by Crippen LogP contribution is 2.26. The second-order valence-corrected chi connectivity index (χ2v) is 6.76. The highest BCUT2D eigenvalue weighted by atomic mass is 32.2. The van der Waals surface area contributed by atoms with Crippen LogP contribution in [0.1, 0.15) is 18.2 Å². The summed E-state index contributed by atoms with van der Waals surface area (Å²) in [5.41, 5.74) is 2.14. The fraction of sp³-hybridized carbons (Fsp3) is 0.316. The van der Waals surface area contributed by atoms with Gasteiger partial charge in [-0.15, -0.1) is 10.2 Å². The summed E-state index contributed by atoms with van der Waals surface area (Å²) in [5, 5.41) is 12.2. The van der Waals surface area contributed by atoms with Gasteiger partial charge in [0.2, 0.25) is 5.91 Å². The third-order valence-electron chi connectivity index (χ3n) is 4.04. The number of amides is 1. The van der Waals surface area contributed by atoms with Crippen LogP contribution in [0.5, 0.6) is 0 Å². The maximum Gasteiger partial charge on any atom is 0.230 e. The lowest BCUT2D eigenvalue weighted by Crippen LogP contribution is -2.27. The SMILES string of the molecule is CCn1c(SCC(=O)NCCc2ccccc2)nnc1-c1ccoc1C. The molecule has 1 amide bonds. The van der Waals surface area contributed by atoms with Crippen molar-refractivity contribution in [2.45, 2.75) is 32.0 Å². The molecule has 0 atom stereocenters. The van der Waals surface area contributed by atoms with Crippen LogP contribution in [0.25, 0.3) is 11.4 Å². The van der Waals surface area contributed by atoms with E-state index in [9.17, 15) is 4.79 Å². The first kappa shape index (κ1) is 18.3. The molecule has 6 nitrogen and oxygen atoms in total. The second-order valence-electron chi connectivity index (χ2n) is 5.82. The number of carbonyl (C=O) groups is 1. The molecule has 1 N–H and O–H groups in total. The number of nitrogens with one attached hydrogen (secondary N) is 1. The maximum absolute atomic E-state index is 12.1. The average molecular weight is 370 g/mol. The largest absolute Gasteiger partial charge is 0.469 e. The fourth-order valence-corrected chi connectivity index (χ4v) is 3.50. The number of aryl methyl sites for hydroxylation is 1. The number of nitrogens with zero attached hydrogens (tertiary/aromatic N) is 3. The van der Waals surface area contributed by atoms with Gasteiger partial charge in [0, 0.05) is 13.1 Å². The summed E-state index contributed by atoms with van der Waals surface area (Å²) < 4.78 is 7.35. The third kappa shape index (κ3) is 4.35. The first-order chi connectivity index (χ1) is 12.7. The summed E-state index contributed by atoms with van der Waals surface area (Å²) in [4.78, 5) is 12.1. The van der Waals surface area contributed by atoms with Crippen LogP contribution in [0.15, 0.2) is 52.2 Å². The van der Waals surface area contributed by atoms with E-state index in [0.29, 0.717) is 12.3 Å². The van der Waals surface area contributed by atoms with Crippen LogP contribution < -0.4 is 5.32 Å². The molecule has 0 saturated heterocycles. The van der Waals surface area contributed by atoms with E-state index in [-0.39, 0.29) is 5.91 Å². The molecular formula is C19H22N4O2S. The van der Waals surface area contributed by atoms with Gasteiger partial charge >= 0.3 is 0 Å². The number of aromatic nitrogens is 3. The van der Waals surface area contributed by atoms with E-state index >= 15 is 0 Å². The maximum atomic E-state index is 12.1. The number of carbonyl (C=O) groups excluding carboxylic acids is 1. The monoisotopic (exact) mass is 370 g/mol. The predicted molar refractivity (Wildman–Crippen MR) is 102 cm³/mol. The lowest BCUT2D eigenvalue weighted by atomic mass is 10.1. The lowest BCUT2D eigenvalue weighted by Gasteiger charge is -2.07. The molecule has 0 radical (unpaired) electrons. The van der Waals surface area contributed by atoms with E-state index in [2.05, 4.69) is 27.6 Å². The zero-order valence-corrected chi connectivity index (χ0v) is 15.8. The zero-order valence-electron chi connectivity index (χ0n) is 14.9. The van der Waals surface area contributed by atoms with E-state index in [0.717, 1.165) is 35.3 Å². The molecule has 0 aliphatic heterocycles. The molecule has 0 bridgehead atoms. The van der Waals surface area contributed by atoms with Crippen molar-refractivity contribution < 1.29 is 9.21 Å². The molecular weight excluding hydrogens is 348 g/mol. The van der Waals surface area contributed by atoms with Crippen molar-refractivity contribution in [2.24, 2.45) is 0 Å². The van der Waals surface area contributed by atoms with Gasteiger partial charge in [0.05, 0.1) is 17.6 Å². The van der Waals surface area contributed by atoms with Crippen molar-refractivity contribution >= 4 is 17.7 Å². The number of rotatable bonds is 8. The van der Waals surface area contributed by atoms with Crippen LogP contribution >= 0.6 is 11.8 Å². The first-order valence-electron chi connectivity index (χ1n) is 8.60. The lowest BCUT2D eigenvalue weighted by molar-refractivity contribution is -0.118. The standard InChI is InChI=1S/C19H22N4O2S/c1-3-23-18(16-10-12-25-14(16)2)21-22-19(23)26-13-17(24)20-11-9-15-7-5-4-6-8-15/h4-8,10,12H,3,9,11,13H2,1-2H3,(H,20,24). The first-order valence-corrected chi connectivity index (χ1v) is 9.58. The highest BCUT2D eigenvalue weighted by Gasteiger charge is 2.17. The highest BCUT2D eigenvalue weighted by molar-refractivity contribution is 7.99. The Morgan fingerprint density at radius 3 is 2.73 bits per heavy atom. The van der Waals surface area contributed by atoms with E-state index in [1.165, 1.54) is 17.3 Å². The van der Waals surface area contributed by atoms with Crippen LogP contribution in [0, 0.1) is 6.92 Å².